The lowest BCUT2D eigenvalue weighted by molar-refractivity contribution is -0.120. The van der Waals surface area contributed by atoms with Gasteiger partial charge in [-0.1, -0.05) is 66.7 Å². The number of nitrogens with one attached hydrogen (secondary N) is 1. The normalized spacial score (nSPS) is 11.7. The smallest absolute Gasteiger partial charge is 0.225 e. The summed E-state index contributed by atoms with van der Waals surface area (Å²) in [4.78, 5) is 16.6. The molecule has 0 aliphatic heterocycles. The largest absolute Gasteiger partial charge is 0.345 e. The topological polar surface area (TPSA) is 42.0 Å². The molecule has 1 heterocycles. The van der Waals surface area contributed by atoms with Crippen LogP contribution in [0, 0.1) is 0 Å². The Morgan fingerprint density at radius 1 is 0.870 bits per heavy atom. The van der Waals surface area contributed by atoms with Gasteiger partial charge in [0.05, 0.1) is 12.5 Å². The maximum absolute atomic E-state index is 12.4. The first kappa shape index (κ1) is 15.0. The molecule has 3 aromatic rings. The van der Waals surface area contributed by atoms with E-state index < -0.39 is 0 Å². The molecule has 0 spiro atoms. The molecule has 0 saturated carbocycles. The van der Waals surface area contributed by atoms with Crippen molar-refractivity contribution in [3.63, 3.8) is 0 Å². The molecule has 3 rings (SSSR count). The van der Waals surface area contributed by atoms with Gasteiger partial charge in [0.15, 0.2) is 0 Å². The van der Waals surface area contributed by atoms with Crippen molar-refractivity contribution < 1.29 is 4.79 Å². The maximum atomic E-state index is 12.4. The Morgan fingerprint density at radius 2 is 1.52 bits per heavy atom. The molecule has 0 radical (unpaired) electrons. The second-order valence-corrected chi connectivity index (χ2v) is 5.36. The van der Waals surface area contributed by atoms with Gasteiger partial charge in [-0.05, 0) is 22.8 Å². The molecule has 1 N–H and O–H groups in total. The van der Waals surface area contributed by atoms with Crippen molar-refractivity contribution in [2.45, 2.75) is 12.5 Å². The highest BCUT2D eigenvalue weighted by molar-refractivity contribution is 5.79. The number of carbonyl (C=O) groups excluding carboxylic acids is 1. The minimum absolute atomic E-state index is 0.00564. The number of nitrogens with zero attached hydrogens (tertiary/aromatic N) is 1. The average Bonchev–Trinajstić information content (AvgIpc) is 2.62. The number of pyridine rings is 1. The minimum Gasteiger partial charge on any atom is -0.345 e. The molecule has 3 nitrogen and oxygen atoms in total. The van der Waals surface area contributed by atoms with E-state index in [1.165, 1.54) is 0 Å². The summed E-state index contributed by atoms with van der Waals surface area (Å²) in [6.45, 7) is 0. The zero-order valence-electron chi connectivity index (χ0n) is 12.7. The number of benzene rings is 2. The zero-order valence-corrected chi connectivity index (χ0v) is 12.7. The molecule has 1 unspecified atom stereocenters. The molecule has 0 aliphatic rings. The van der Waals surface area contributed by atoms with E-state index in [1.54, 1.807) is 12.4 Å². The van der Waals surface area contributed by atoms with E-state index in [9.17, 15) is 4.79 Å². The van der Waals surface area contributed by atoms with Gasteiger partial charge in [0.1, 0.15) is 0 Å². The standard InChI is InChI=1S/C20H18N2O/c23-19(14-16-8-3-1-4-9-16)22-20(17-10-5-2-6-11-17)18-12-7-13-21-15-18/h1-13,15,20H,14H2,(H,22,23). The molecule has 114 valence electrons. The first-order valence-corrected chi connectivity index (χ1v) is 7.61. The van der Waals surface area contributed by atoms with E-state index >= 15 is 0 Å². The number of hydrogen-bond acceptors (Lipinski definition) is 2. The van der Waals surface area contributed by atoms with E-state index in [0.717, 1.165) is 16.7 Å². The maximum Gasteiger partial charge on any atom is 0.225 e. The Labute approximate surface area is 136 Å². The van der Waals surface area contributed by atoms with Gasteiger partial charge in [-0.3, -0.25) is 9.78 Å². The molecule has 1 aromatic heterocycles. The molecule has 0 bridgehead atoms. The van der Waals surface area contributed by atoms with E-state index in [4.69, 9.17) is 0 Å². The summed E-state index contributed by atoms with van der Waals surface area (Å²) < 4.78 is 0. The summed E-state index contributed by atoms with van der Waals surface area (Å²) in [5.41, 5.74) is 3.02. The van der Waals surface area contributed by atoms with Crippen LogP contribution >= 0.6 is 0 Å². The highest BCUT2D eigenvalue weighted by Crippen LogP contribution is 2.21. The monoisotopic (exact) mass is 302 g/mol. The van der Waals surface area contributed by atoms with Gasteiger partial charge in [0, 0.05) is 12.4 Å². The predicted molar refractivity (Wildman–Crippen MR) is 90.8 cm³/mol. The van der Waals surface area contributed by atoms with Crippen LogP contribution in [0.5, 0.6) is 0 Å². The van der Waals surface area contributed by atoms with E-state index in [1.807, 2.05) is 72.8 Å². The number of aromatic nitrogens is 1. The zero-order chi connectivity index (χ0) is 15.9. The fourth-order valence-corrected chi connectivity index (χ4v) is 2.54. The van der Waals surface area contributed by atoms with Gasteiger partial charge in [0.2, 0.25) is 5.91 Å². The number of hydrogen-bond donors (Lipinski definition) is 1. The molecule has 23 heavy (non-hydrogen) atoms. The van der Waals surface area contributed by atoms with Crippen molar-refractivity contribution >= 4 is 5.91 Å². The summed E-state index contributed by atoms with van der Waals surface area (Å²) in [7, 11) is 0. The van der Waals surface area contributed by atoms with Crippen LogP contribution in [0.3, 0.4) is 0 Å². The summed E-state index contributed by atoms with van der Waals surface area (Å²) in [6.07, 6.45) is 3.89. The van der Waals surface area contributed by atoms with Crippen LogP contribution < -0.4 is 5.32 Å². The van der Waals surface area contributed by atoms with Crippen molar-refractivity contribution in [1.82, 2.24) is 10.3 Å². The molecule has 3 heteroatoms. The van der Waals surface area contributed by atoms with Crippen molar-refractivity contribution in [2.24, 2.45) is 0 Å². The second kappa shape index (κ2) is 7.36. The molecule has 0 aliphatic carbocycles. The molecule has 0 saturated heterocycles. The van der Waals surface area contributed by atoms with Crippen LogP contribution in [-0.4, -0.2) is 10.9 Å². The van der Waals surface area contributed by atoms with E-state index in [0.29, 0.717) is 6.42 Å². The third-order valence-corrected chi connectivity index (χ3v) is 3.66. The van der Waals surface area contributed by atoms with Gasteiger partial charge in [-0.2, -0.15) is 0 Å². The molecular formula is C20H18N2O. The number of carbonyl (C=O) groups is 1. The Balaban J connectivity index is 1.81. The Morgan fingerprint density at radius 3 is 2.17 bits per heavy atom. The Hall–Kier alpha value is -2.94. The third kappa shape index (κ3) is 4.04. The van der Waals surface area contributed by atoms with Gasteiger partial charge in [0.25, 0.3) is 0 Å². The van der Waals surface area contributed by atoms with Gasteiger partial charge in [-0.15, -0.1) is 0 Å². The lowest BCUT2D eigenvalue weighted by atomic mass is 10.00. The summed E-state index contributed by atoms with van der Waals surface area (Å²) in [6, 6.07) is 23.4. The van der Waals surface area contributed by atoms with Crippen LogP contribution in [0.2, 0.25) is 0 Å². The summed E-state index contributed by atoms with van der Waals surface area (Å²) in [5, 5.41) is 3.12. The lowest BCUT2D eigenvalue weighted by Crippen LogP contribution is -2.30. The van der Waals surface area contributed by atoms with Crippen LogP contribution in [0.25, 0.3) is 0 Å². The number of amides is 1. The quantitative estimate of drug-likeness (QED) is 0.783. The van der Waals surface area contributed by atoms with Crippen molar-refractivity contribution in [2.75, 3.05) is 0 Å². The molecule has 2 aromatic carbocycles. The van der Waals surface area contributed by atoms with Crippen LogP contribution in [0.1, 0.15) is 22.7 Å². The van der Waals surface area contributed by atoms with Crippen molar-refractivity contribution in [3.8, 4) is 0 Å². The fraction of sp³-hybridized carbons (Fsp3) is 0.100. The minimum atomic E-state index is -0.193. The average molecular weight is 302 g/mol. The van der Waals surface area contributed by atoms with Crippen LogP contribution in [0.4, 0.5) is 0 Å². The molecule has 0 fully saturated rings. The lowest BCUT2D eigenvalue weighted by Gasteiger charge is -2.19. The van der Waals surface area contributed by atoms with Crippen LogP contribution in [-0.2, 0) is 11.2 Å². The molecule has 1 atom stereocenters. The fourth-order valence-electron chi connectivity index (χ4n) is 2.54. The number of rotatable bonds is 5. The Kier molecular flexibility index (Phi) is 4.79. The van der Waals surface area contributed by atoms with Crippen molar-refractivity contribution in [3.05, 3.63) is 102 Å². The summed E-state index contributed by atoms with van der Waals surface area (Å²) in [5.74, 6) is -0.00564. The second-order valence-electron chi connectivity index (χ2n) is 5.36. The van der Waals surface area contributed by atoms with Gasteiger partial charge >= 0.3 is 0 Å². The molecular weight excluding hydrogens is 284 g/mol. The molecule has 1 amide bonds. The highest BCUT2D eigenvalue weighted by atomic mass is 16.1. The summed E-state index contributed by atoms with van der Waals surface area (Å²) >= 11 is 0. The van der Waals surface area contributed by atoms with E-state index in [2.05, 4.69) is 10.3 Å². The van der Waals surface area contributed by atoms with Crippen molar-refractivity contribution in [1.29, 1.82) is 0 Å². The highest BCUT2D eigenvalue weighted by Gasteiger charge is 2.16. The van der Waals surface area contributed by atoms with Gasteiger partial charge < -0.3 is 5.32 Å². The predicted octanol–water partition coefficient (Wildman–Crippen LogP) is 3.53. The third-order valence-electron chi connectivity index (χ3n) is 3.66. The van der Waals surface area contributed by atoms with Gasteiger partial charge in [-0.25, -0.2) is 0 Å². The Bertz CT molecular complexity index is 703. The van der Waals surface area contributed by atoms with Crippen LogP contribution in [0.15, 0.2) is 85.2 Å². The SMILES string of the molecule is O=C(Cc1ccccc1)NC(c1ccccc1)c1cccnc1. The first-order valence-electron chi connectivity index (χ1n) is 7.61. The first-order chi connectivity index (χ1) is 11.3. The van der Waals surface area contributed by atoms with E-state index in [-0.39, 0.29) is 11.9 Å².